The molecule has 0 aromatic heterocycles. The summed E-state index contributed by atoms with van der Waals surface area (Å²) in [6, 6.07) is 0.490. The van der Waals surface area contributed by atoms with E-state index in [1.54, 1.807) is 49.1 Å². The van der Waals surface area contributed by atoms with Crippen molar-refractivity contribution in [2.24, 2.45) is 11.8 Å². The van der Waals surface area contributed by atoms with E-state index < -0.39 is 47.7 Å². The first kappa shape index (κ1) is 41.1. The Bertz CT molecular complexity index is 1160. The normalized spacial score (nSPS) is 34.0. The summed E-state index contributed by atoms with van der Waals surface area (Å²) in [6.45, 7) is 17.8. The van der Waals surface area contributed by atoms with Crippen LogP contribution in [0.4, 0.5) is 4.79 Å². The van der Waals surface area contributed by atoms with Crippen LogP contribution in [0.15, 0.2) is 36.0 Å². The van der Waals surface area contributed by atoms with Crippen LogP contribution in [0.3, 0.4) is 0 Å². The lowest BCUT2D eigenvalue weighted by atomic mass is 9.88. The average molecular weight is 693 g/mol. The second-order valence-electron chi connectivity index (χ2n) is 15.0. The molecule has 0 aromatic carbocycles. The van der Waals surface area contributed by atoms with Gasteiger partial charge in [0.2, 0.25) is 0 Å². The highest BCUT2D eigenvalue weighted by molar-refractivity contribution is 5.70. The predicted octanol–water partition coefficient (Wildman–Crippen LogP) is 4.52. The van der Waals surface area contributed by atoms with Gasteiger partial charge in [-0.1, -0.05) is 58.9 Å². The molecule has 0 radical (unpaired) electrons. The summed E-state index contributed by atoms with van der Waals surface area (Å²) in [5, 5.41) is 43.3. The first-order valence-electron chi connectivity index (χ1n) is 18.4. The van der Waals surface area contributed by atoms with E-state index in [1.165, 1.54) is 0 Å². The van der Waals surface area contributed by atoms with Crippen molar-refractivity contribution in [3.8, 4) is 0 Å². The van der Waals surface area contributed by atoms with Crippen LogP contribution in [0.1, 0.15) is 100 Å². The van der Waals surface area contributed by atoms with Gasteiger partial charge in [-0.05, 0) is 64.5 Å². The molecule has 0 aromatic rings. The van der Waals surface area contributed by atoms with Gasteiger partial charge in [0, 0.05) is 50.5 Å². The van der Waals surface area contributed by atoms with Crippen LogP contribution < -0.4 is 0 Å². The van der Waals surface area contributed by atoms with Crippen molar-refractivity contribution in [1.29, 1.82) is 0 Å². The zero-order valence-corrected chi connectivity index (χ0v) is 31.1. The monoisotopic (exact) mass is 692 g/mol. The number of cyclic esters (lactones) is 1. The van der Waals surface area contributed by atoms with Gasteiger partial charge in [-0.3, -0.25) is 9.69 Å². The van der Waals surface area contributed by atoms with Crippen LogP contribution in [0.5, 0.6) is 0 Å². The maximum absolute atomic E-state index is 13.3. The molecule has 3 rings (SSSR count). The third-order valence-corrected chi connectivity index (χ3v) is 10.6. The number of nitrogens with zero attached hydrogens (tertiary/aromatic N) is 2. The highest BCUT2D eigenvalue weighted by Gasteiger charge is 2.47. The number of carbonyl (C=O) groups is 2. The molecular weight excluding hydrogens is 628 g/mol. The van der Waals surface area contributed by atoms with E-state index in [0.717, 1.165) is 25.9 Å². The number of aliphatic hydroxyl groups excluding tert-OH is 2. The lowest BCUT2D eigenvalue weighted by Crippen LogP contribution is -2.53. The molecule has 11 nitrogen and oxygen atoms in total. The molecule has 3 aliphatic heterocycles. The van der Waals surface area contributed by atoms with Gasteiger partial charge in [-0.15, -0.1) is 0 Å². The van der Waals surface area contributed by atoms with E-state index >= 15 is 0 Å². The third-order valence-electron chi connectivity index (χ3n) is 10.6. The van der Waals surface area contributed by atoms with E-state index in [0.29, 0.717) is 37.5 Å². The van der Waals surface area contributed by atoms with Crippen molar-refractivity contribution >= 4 is 12.1 Å². The molecule has 49 heavy (non-hydrogen) atoms. The number of epoxide rings is 1. The van der Waals surface area contributed by atoms with Gasteiger partial charge in [0.25, 0.3) is 0 Å². The van der Waals surface area contributed by atoms with E-state index in [4.69, 9.17) is 14.2 Å². The maximum atomic E-state index is 13.3. The molecule has 3 heterocycles. The number of piperazine rings is 1. The molecule has 10 unspecified atom stereocenters. The molecule has 2 saturated heterocycles. The van der Waals surface area contributed by atoms with Crippen LogP contribution in [-0.4, -0.2) is 122 Å². The Morgan fingerprint density at radius 3 is 2.43 bits per heavy atom. The Morgan fingerprint density at radius 2 is 1.82 bits per heavy atom. The van der Waals surface area contributed by atoms with Crippen LogP contribution in [0, 0.1) is 11.8 Å². The van der Waals surface area contributed by atoms with Crippen LogP contribution in [-0.2, 0) is 19.0 Å². The Hall–Kier alpha value is -2.28. The number of allylic oxidation sites excluding steroid dienone is 2. The molecule has 1 amide bonds. The number of aliphatic hydroxyl groups is 4. The van der Waals surface area contributed by atoms with E-state index in [-0.39, 0.29) is 43.3 Å². The van der Waals surface area contributed by atoms with Gasteiger partial charge in [0.1, 0.15) is 11.7 Å². The van der Waals surface area contributed by atoms with Crippen LogP contribution >= 0.6 is 0 Å². The quantitative estimate of drug-likeness (QED) is 0.0995. The zero-order valence-electron chi connectivity index (χ0n) is 31.1. The first-order valence-corrected chi connectivity index (χ1v) is 18.4. The van der Waals surface area contributed by atoms with E-state index in [1.807, 2.05) is 27.7 Å². The molecule has 10 atom stereocenters. The number of rotatable bonds is 12. The van der Waals surface area contributed by atoms with Gasteiger partial charge in [0.15, 0.2) is 6.10 Å². The van der Waals surface area contributed by atoms with Gasteiger partial charge >= 0.3 is 12.1 Å². The second kappa shape index (κ2) is 18.3. The molecule has 0 saturated carbocycles. The van der Waals surface area contributed by atoms with Gasteiger partial charge in [-0.2, -0.15) is 0 Å². The summed E-state index contributed by atoms with van der Waals surface area (Å²) >= 11 is 0. The lowest BCUT2D eigenvalue weighted by Gasteiger charge is -2.39. The van der Waals surface area contributed by atoms with Crippen molar-refractivity contribution in [1.82, 2.24) is 9.80 Å². The number of esters is 1. The zero-order chi connectivity index (χ0) is 36.5. The number of carbonyl (C=O) groups excluding carboxylic acids is 2. The topological polar surface area (TPSA) is 153 Å². The summed E-state index contributed by atoms with van der Waals surface area (Å²) in [6.07, 6.45) is 7.88. The molecule has 11 heteroatoms. The minimum atomic E-state index is -1.49. The SMILES string of the molecule is CCC(O)C(C)C1OC1CC(C)(O)/C=C/C=C(\C)C1OC(=O)CC(O)CCC(C)(O)C(OC(=O)N2CCN(C(CC)CC)CC2)/C=C/C1C. The molecule has 0 aliphatic carbocycles. The standard InChI is InChI=1S/C38H64N2O9/c1-9-28(10-2)39-19-21-40(22-20-39)36(44)48-32-15-14-26(5)34(49-33(43)23-29(41)16-18-38(32,8)46)25(4)13-12-17-37(7,45)24-31-35(47-31)27(6)30(42)11-3/h12-15,17,26-32,34-35,41-42,45-46H,9-11,16,18-24H2,1-8H3/b15-14+,17-12+,25-13+. The highest BCUT2D eigenvalue weighted by atomic mass is 16.6. The summed E-state index contributed by atoms with van der Waals surface area (Å²) in [7, 11) is 0. The van der Waals surface area contributed by atoms with Crippen molar-refractivity contribution in [3.63, 3.8) is 0 Å². The molecule has 3 aliphatic rings. The second-order valence-corrected chi connectivity index (χ2v) is 15.0. The summed E-state index contributed by atoms with van der Waals surface area (Å²) in [5.74, 6) is -0.946. The van der Waals surface area contributed by atoms with Crippen LogP contribution in [0.2, 0.25) is 0 Å². The number of hydrogen-bond acceptors (Lipinski definition) is 10. The smallest absolute Gasteiger partial charge is 0.410 e. The Balaban J connectivity index is 1.73. The summed E-state index contributed by atoms with van der Waals surface area (Å²) in [5.41, 5.74) is -1.94. The fraction of sp³-hybridized carbons (Fsp3) is 0.789. The average Bonchev–Trinajstić information content (AvgIpc) is 3.81. The number of ether oxygens (including phenoxy) is 3. The maximum Gasteiger partial charge on any atom is 0.410 e. The Morgan fingerprint density at radius 1 is 1.16 bits per heavy atom. The molecule has 2 fully saturated rings. The minimum Gasteiger partial charge on any atom is -0.457 e. The van der Waals surface area contributed by atoms with Crippen molar-refractivity contribution in [2.45, 2.75) is 154 Å². The molecule has 280 valence electrons. The highest BCUT2D eigenvalue weighted by Crippen LogP contribution is 2.37. The largest absolute Gasteiger partial charge is 0.457 e. The molecule has 0 bridgehead atoms. The molecule has 4 N–H and O–H groups in total. The van der Waals surface area contributed by atoms with Crippen molar-refractivity contribution in [3.05, 3.63) is 36.0 Å². The summed E-state index contributed by atoms with van der Waals surface area (Å²) in [4.78, 5) is 30.3. The fourth-order valence-electron chi connectivity index (χ4n) is 7.06. The van der Waals surface area contributed by atoms with Gasteiger partial charge < -0.3 is 39.5 Å². The number of hydrogen-bond donors (Lipinski definition) is 4. The third kappa shape index (κ3) is 12.2. The molecule has 0 spiro atoms. The first-order chi connectivity index (χ1) is 23.0. The van der Waals surface area contributed by atoms with Crippen LogP contribution in [0.25, 0.3) is 0 Å². The van der Waals surface area contributed by atoms with Crippen molar-refractivity contribution in [2.75, 3.05) is 26.2 Å². The van der Waals surface area contributed by atoms with Gasteiger partial charge in [-0.25, -0.2) is 4.79 Å². The Labute approximate surface area is 294 Å². The van der Waals surface area contributed by atoms with E-state index in [2.05, 4.69) is 18.7 Å². The van der Waals surface area contributed by atoms with Gasteiger partial charge in [0.05, 0.1) is 36.4 Å². The minimum absolute atomic E-state index is 0.0115. The van der Waals surface area contributed by atoms with Crippen molar-refractivity contribution < 1.29 is 44.2 Å². The molecular formula is C38H64N2O9. The fourth-order valence-corrected chi connectivity index (χ4v) is 7.06. The summed E-state index contributed by atoms with van der Waals surface area (Å²) < 4.78 is 17.6. The number of amides is 1. The lowest BCUT2D eigenvalue weighted by molar-refractivity contribution is -0.151. The van der Waals surface area contributed by atoms with E-state index in [9.17, 15) is 30.0 Å². The predicted molar refractivity (Wildman–Crippen MR) is 189 cm³/mol. The Kier molecular flexibility index (Phi) is 15.4.